The van der Waals surface area contributed by atoms with Gasteiger partial charge in [0, 0.05) is 24.5 Å². The van der Waals surface area contributed by atoms with E-state index in [4.69, 9.17) is 4.42 Å². The average molecular weight is 467 g/mol. The Labute approximate surface area is 195 Å². The van der Waals surface area contributed by atoms with E-state index in [0.29, 0.717) is 18.0 Å². The first kappa shape index (κ1) is 23.3. The lowest BCUT2D eigenvalue weighted by Crippen LogP contribution is -2.03. The van der Waals surface area contributed by atoms with Crippen molar-refractivity contribution in [1.29, 1.82) is 0 Å². The molecule has 0 saturated heterocycles. The number of alkyl halides is 3. The molecule has 0 aliphatic rings. The average Bonchev–Trinajstić information content (AvgIpc) is 3.52. The van der Waals surface area contributed by atoms with E-state index in [1.807, 2.05) is 23.0 Å². The molecular weight excluding hydrogens is 443 g/mol. The standard InChI is InChI=1S/C25H24F3N5O/c26-25(27,28)21-9-4-20(5-10-21)8-13-24-31-23(18-34-24)17-29-22-11-6-19(7-12-22)3-1-2-15-33-16-14-30-32-33/h4-14,16,18,29H,1-3,15,17H2/b13-8+. The zero-order valence-corrected chi connectivity index (χ0v) is 18.4. The first-order chi connectivity index (χ1) is 16.5. The Hall–Kier alpha value is -3.88. The number of oxazole rings is 1. The maximum Gasteiger partial charge on any atom is 0.416 e. The Kier molecular flexibility index (Phi) is 7.41. The summed E-state index contributed by atoms with van der Waals surface area (Å²) in [5.74, 6) is 0.387. The molecule has 0 radical (unpaired) electrons. The molecule has 0 unspecified atom stereocenters. The number of hydrogen-bond acceptors (Lipinski definition) is 5. The summed E-state index contributed by atoms with van der Waals surface area (Å²) in [5, 5.41) is 11.1. The quantitative estimate of drug-likeness (QED) is 0.286. The van der Waals surface area contributed by atoms with Gasteiger partial charge in [-0.15, -0.1) is 5.10 Å². The summed E-state index contributed by atoms with van der Waals surface area (Å²) in [7, 11) is 0. The van der Waals surface area contributed by atoms with Crippen molar-refractivity contribution < 1.29 is 17.6 Å². The van der Waals surface area contributed by atoms with Crippen molar-refractivity contribution in [3.63, 3.8) is 0 Å². The number of aromatic nitrogens is 4. The summed E-state index contributed by atoms with van der Waals surface area (Å²) in [6, 6.07) is 13.2. The molecule has 34 heavy (non-hydrogen) atoms. The number of nitrogens with zero attached hydrogens (tertiary/aromatic N) is 4. The number of anilines is 1. The van der Waals surface area contributed by atoms with E-state index in [2.05, 4.69) is 32.7 Å². The third kappa shape index (κ3) is 6.81. The fourth-order valence-corrected chi connectivity index (χ4v) is 3.37. The van der Waals surface area contributed by atoms with Gasteiger partial charge in [0.25, 0.3) is 0 Å². The third-order valence-corrected chi connectivity index (χ3v) is 5.23. The number of aryl methyl sites for hydroxylation is 2. The second-order valence-electron chi connectivity index (χ2n) is 7.80. The molecule has 0 fully saturated rings. The van der Waals surface area contributed by atoms with Gasteiger partial charge in [-0.2, -0.15) is 13.2 Å². The summed E-state index contributed by atoms with van der Waals surface area (Å²) in [6.07, 6.45) is 7.19. The summed E-state index contributed by atoms with van der Waals surface area (Å²) < 4.78 is 45.2. The van der Waals surface area contributed by atoms with Crippen LogP contribution in [-0.4, -0.2) is 20.0 Å². The Bertz CT molecular complexity index is 1180. The van der Waals surface area contributed by atoms with Gasteiger partial charge < -0.3 is 9.73 Å². The van der Waals surface area contributed by atoms with E-state index in [1.165, 1.54) is 17.7 Å². The minimum Gasteiger partial charge on any atom is -0.445 e. The number of halogens is 3. The van der Waals surface area contributed by atoms with Crippen LogP contribution in [0.2, 0.25) is 0 Å². The minimum atomic E-state index is -4.34. The molecule has 0 aliphatic heterocycles. The van der Waals surface area contributed by atoms with Crippen molar-refractivity contribution in [1.82, 2.24) is 20.0 Å². The predicted molar refractivity (Wildman–Crippen MR) is 124 cm³/mol. The van der Waals surface area contributed by atoms with Gasteiger partial charge in [-0.1, -0.05) is 29.5 Å². The van der Waals surface area contributed by atoms with E-state index >= 15 is 0 Å². The molecule has 4 aromatic rings. The van der Waals surface area contributed by atoms with Crippen LogP contribution in [0.1, 0.15) is 41.1 Å². The molecule has 0 bridgehead atoms. The van der Waals surface area contributed by atoms with Crippen LogP contribution >= 0.6 is 0 Å². The molecule has 9 heteroatoms. The monoisotopic (exact) mass is 467 g/mol. The van der Waals surface area contributed by atoms with Crippen LogP contribution in [0.15, 0.2) is 71.6 Å². The van der Waals surface area contributed by atoms with Gasteiger partial charge in [0.2, 0.25) is 5.89 Å². The van der Waals surface area contributed by atoms with E-state index < -0.39 is 11.7 Å². The van der Waals surface area contributed by atoms with Crippen LogP contribution in [0, 0.1) is 0 Å². The van der Waals surface area contributed by atoms with Gasteiger partial charge in [0.15, 0.2) is 0 Å². The number of hydrogen-bond donors (Lipinski definition) is 1. The highest BCUT2D eigenvalue weighted by Crippen LogP contribution is 2.29. The van der Waals surface area contributed by atoms with Gasteiger partial charge >= 0.3 is 6.18 Å². The molecule has 2 aromatic carbocycles. The fraction of sp³-hybridized carbons (Fsp3) is 0.240. The van der Waals surface area contributed by atoms with Crippen LogP contribution in [0.5, 0.6) is 0 Å². The number of unbranched alkanes of at least 4 members (excludes halogenated alkanes) is 1. The van der Waals surface area contributed by atoms with Crippen molar-refractivity contribution in [3.05, 3.63) is 95.5 Å². The highest BCUT2D eigenvalue weighted by molar-refractivity contribution is 5.66. The molecule has 1 N–H and O–H groups in total. The van der Waals surface area contributed by atoms with E-state index in [9.17, 15) is 13.2 Å². The van der Waals surface area contributed by atoms with Crippen molar-refractivity contribution in [2.45, 2.75) is 38.5 Å². The molecular formula is C25H24F3N5O. The fourth-order valence-electron chi connectivity index (χ4n) is 3.37. The maximum absolute atomic E-state index is 12.6. The van der Waals surface area contributed by atoms with Gasteiger partial charge in [0.05, 0.1) is 24.0 Å². The van der Waals surface area contributed by atoms with Crippen molar-refractivity contribution in [2.24, 2.45) is 0 Å². The van der Waals surface area contributed by atoms with E-state index in [1.54, 1.807) is 24.6 Å². The van der Waals surface area contributed by atoms with Crippen molar-refractivity contribution in [3.8, 4) is 0 Å². The highest BCUT2D eigenvalue weighted by atomic mass is 19.4. The molecule has 0 spiro atoms. The molecule has 176 valence electrons. The minimum absolute atomic E-state index is 0.387. The number of nitrogens with one attached hydrogen (secondary N) is 1. The SMILES string of the molecule is FC(F)(F)c1ccc(/C=C/c2nc(CNc3ccc(CCCCn4ccnn4)cc3)co2)cc1. The van der Waals surface area contributed by atoms with Crippen LogP contribution in [-0.2, 0) is 25.7 Å². The molecule has 2 aromatic heterocycles. The first-order valence-corrected chi connectivity index (χ1v) is 10.9. The van der Waals surface area contributed by atoms with Gasteiger partial charge in [-0.05, 0) is 60.7 Å². The smallest absolute Gasteiger partial charge is 0.416 e. The summed E-state index contributed by atoms with van der Waals surface area (Å²) in [5.41, 5.74) is 2.94. The topological polar surface area (TPSA) is 68.8 Å². The zero-order chi connectivity index (χ0) is 23.8. The molecule has 0 saturated carbocycles. The third-order valence-electron chi connectivity index (χ3n) is 5.23. The zero-order valence-electron chi connectivity index (χ0n) is 18.4. The highest BCUT2D eigenvalue weighted by Gasteiger charge is 2.29. The van der Waals surface area contributed by atoms with Crippen LogP contribution in [0.4, 0.5) is 18.9 Å². The van der Waals surface area contributed by atoms with E-state index in [0.717, 1.165) is 49.3 Å². The molecule has 2 heterocycles. The summed E-state index contributed by atoms with van der Waals surface area (Å²) in [4.78, 5) is 4.38. The molecule has 0 aliphatic carbocycles. The second-order valence-corrected chi connectivity index (χ2v) is 7.80. The first-order valence-electron chi connectivity index (χ1n) is 10.9. The van der Waals surface area contributed by atoms with Gasteiger partial charge in [-0.3, -0.25) is 4.68 Å². The Morgan fingerprint density at radius 3 is 2.47 bits per heavy atom. The van der Waals surface area contributed by atoms with Crippen LogP contribution < -0.4 is 5.32 Å². The molecule has 4 rings (SSSR count). The Morgan fingerprint density at radius 1 is 0.971 bits per heavy atom. The number of benzene rings is 2. The lowest BCUT2D eigenvalue weighted by molar-refractivity contribution is -0.137. The predicted octanol–water partition coefficient (Wildman–Crippen LogP) is 6.09. The van der Waals surface area contributed by atoms with Crippen molar-refractivity contribution in [2.75, 3.05) is 5.32 Å². The second kappa shape index (κ2) is 10.8. The maximum atomic E-state index is 12.6. The van der Waals surface area contributed by atoms with Crippen LogP contribution in [0.3, 0.4) is 0 Å². The summed E-state index contributed by atoms with van der Waals surface area (Å²) in [6.45, 7) is 1.37. The lowest BCUT2D eigenvalue weighted by atomic mass is 10.1. The molecule has 0 atom stereocenters. The van der Waals surface area contributed by atoms with Gasteiger partial charge in [-0.25, -0.2) is 4.98 Å². The summed E-state index contributed by atoms with van der Waals surface area (Å²) >= 11 is 0. The van der Waals surface area contributed by atoms with Crippen molar-refractivity contribution >= 4 is 17.8 Å². The largest absolute Gasteiger partial charge is 0.445 e. The lowest BCUT2D eigenvalue weighted by Gasteiger charge is -2.06. The Balaban J connectivity index is 1.21. The molecule has 0 amide bonds. The van der Waals surface area contributed by atoms with Gasteiger partial charge in [0.1, 0.15) is 6.26 Å². The van der Waals surface area contributed by atoms with E-state index in [-0.39, 0.29) is 0 Å². The van der Waals surface area contributed by atoms with Crippen LogP contribution in [0.25, 0.3) is 12.2 Å². The number of rotatable bonds is 10. The Morgan fingerprint density at radius 2 is 1.76 bits per heavy atom. The normalized spacial score (nSPS) is 11.9. The molecule has 6 nitrogen and oxygen atoms in total.